The van der Waals surface area contributed by atoms with Gasteiger partial charge in [0.15, 0.2) is 0 Å². The van der Waals surface area contributed by atoms with Gasteiger partial charge in [0.1, 0.15) is 4.70 Å². The molecule has 0 unspecified atom stereocenters. The van der Waals surface area contributed by atoms with Gasteiger partial charge in [-0.3, -0.25) is 9.78 Å². The Labute approximate surface area is 95.9 Å². The smallest absolute Gasteiger partial charge is 0.270 e. The highest BCUT2D eigenvalue weighted by Crippen LogP contribution is 2.19. The summed E-state index contributed by atoms with van der Waals surface area (Å²) in [6.45, 7) is 1.62. The average molecular weight is 236 g/mol. The Kier molecular flexibility index (Phi) is 2.19. The summed E-state index contributed by atoms with van der Waals surface area (Å²) in [5.41, 5.74) is 6.54. The second kappa shape index (κ2) is 3.57. The van der Waals surface area contributed by atoms with Gasteiger partial charge in [0, 0.05) is 19.1 Å². The molecule has 1 aliphatic heterocycles. The number of aromatic nitrogens is 2. The number of thiophene rings is 1. The van der Waals surface area contributed by atoms with Crippen molar-refractivity contribution in [2.45, 2.75) is 12.5 Å². The lowest BCUT2D eigenvalue weighted by Crippen LogP contribution is -2.28. The van der Waals surface area contributed by atoms with E-state index in [9.17, 15) is 4.79 Å². The molecular weight excluding hydrogens is 224 g/mol. The number of nitrogens with one attached hydrogen (secondary N) is 1. The van der Waals surface area contributed by atoms with E-state index in [0.29, 0.717) is 10.6 Å². The molecule has 0 saturated carbocycles. The van der Waals surface area contributed by atoms with E-state index in [0.717, 1.165) is 25.0 Å². The monoisotopic (exact) mass is 236 g/mol. The van der Waals surface area contributed by atoms with Gasteiger partial charge in [0.2, 0.25) is 5.95 Å². The van der Waals surface area contributed by atoms with Gasteiger partial charge < -0.3 is 10.6 Å². The van der Waals surface area contributed by atoms with Crippen LogP contribution in [0, 0.1) is 0 Å². The molecule has 6 heteroatoms. The summed E-state index contributed by atoms with van der Waals surface area (Å²) in [7, 11) is 0. The molecule has 0 radical (unpaired) electrons. The highest BCUT2D eigenvalue weighted by Gasteiger charge is 2.21. The molecule has 0 aliphatic carbocycles. The third kappa shape index (κ3) is 1.50. The van der Waals surface area contributed by atoms with Crippen LogP contribution >= 0.6 is 11.3 Å². The highest BCUT2D eigenvalue weighted by molar-refractivity contribution is 7.17. The Morgan fingerprint density at radius 3 is 3.25 bits per heavy atom. The highest BCUT2D eigenvalue weighted by atomic mass is 32.1. The van der Waals surface area contributed by atoms with Crippen molar-refractivity contribution in [2.24, 2.45) is 5.73 Å². The number of fused-ring (bicyclic) bond motifs is 1. The molecule has 3 N–H and O–H groups in total. The summed E-state index contributed by atoms with van der Waals surface area (Å²) in [4.78, 5) is 21.0. The summed E-state index contributed by atoms with van der Waals surface area (Å²) >= 11 is 1.42. The van der Waals surface area contributed by atoms with E-state index in [-0.39, 0.29) is 11.6 Å². The second-order valence-corrected chi connectivity index (χ2v) is 4.94. The van der Waals surface area contributed by atoms with Gasteiger partial charge in [-0.2, -0.15) is 0 Å². The summed E-state index contributed by atoms with van der Waals surface area (Å²) in [6.07, 6.45) is 0.950. The minimum absolute atomic E-state index is 0.0597. The van der Waals surface area contributed by atoms with Crippen LogP contribution in [0.2, 0.25) is 0 Å². The lowest BCUT2D eigenvalue weighted by atomic mass is 10.3. The Morgan fingerprint density at radius 1 is 1.62 bits per heavy atom. The van der Waals surface area contributed by atoms with E-state index in [2.05, 4.69) is 9.97 Å². The van der Waals surface area contributed by atoms with Crippen molar-refractivity contribution in [1.29, 1.82) is 0 Å². The van der Waals surface area contributed by atoms with E-state index < -0.39 is 0 Å². The molecular formula is C10H12N4OS. The van der Waals surface area contributed by atoms with Crippen LogP contribution in [0.1, 0.15) is 6.42 Å². The van der Waals surface area contributed by atoms with Crippen molar-refractivity contribution in [3.05, 3.63) is 21.8 Å². The molecule has 0 bridgehead atoms. The zero-order valence-corrected chi connectivity index (χ0v) is 9.46. The summed E-state index contributed by atoms with van der Waals surface area (Å²) in [5, 5.41) is 1.88. The minimum atomic E-state index is -0.0597. The quantitative estimate of drug-likeness (QED) is 0.757. The van der Waals surface area contributed by atoms with Crippen molar-refractivity contribution < 1.29 is 0 Å². The van der Waals surface area contributed by atoms with E-state index in [1.807, 2.05) is 16.3 Å². The summed E-state index contributed by atoms with van der Waals surface area (Å²) < 4.78 is 0.687. The number of hydrogen-bond donors (Lipinski definition) is 2. The Hall–Kier alpha value is -1.40. The maximum absolute atomic E-state index is 11.8. The van der Waals surface area contributed by atoms with Crippen molar-refractivity contribution in [3.8, 4) is 0 Å². The maximum atomic E-state index is 11.8. The van der Waals surface area contributed by atoms with Crippen LogP contribution in [0.15, 0.2) is 16.2 Å². The van der Waals surface area contributed by atoms with Crippen LogP contribution in [0.3, 0.4) is 0 Å². The molecule has 2 aromatic heterocycles. The molecule has 3 heterocycles. The fraction of sp³-hybridized carbons (Fsp3) is 0.400. The number of rotatable bonds is 1. The Balaban J connectivity index is 2.07. The van der Waals surface area contributed by atoms with Crippen molar-refractivity contribution in [1.82, 2.24) is 9.97 Å². The van der Waals surface area contributed by atoms with E-state index in [1.54, 1.807) is 0 Å². The Bertz CT molecular complexity index is 575. The third-order valence-electron chi connectivity index (χ3n) is 2.83. The van der Waals surface area contributed by atoms with Gasteiger partial charge in [0.25, 0.3) is 5.56 Å². The molecule has 1 atom stereocenters. The van der Waals surface area contributed by atoms with Gasteiger partial charge in [-0.05, 0) is 17.9 Å². The van der Waals surface area contributed by atoms with Gasteiger partial charge in [-0.15, -0.1) is 11.3 Å². The fourth-order valence-corrected chi connectivity index (χ4v) is 2.72. The molecule has 0 aromatic carbocycles. The molecule has 3 rings (SSSR count). The second-order valence-electron chi connectivity index (χ2n) is 4.02. The largest absolute Gasteiger partial charge is 0.341 e. The first kappa shape index (κ1) is 9.80. The molecule has 5 nitrogen and oxygen atoms in total. The number of aromatic amines is 1. The van der Waals surface area contributed by atoms with Crippen molar-refractivity contribution in [2.75, 3.05) is 18.0 Å². The first-order valence-electron chi connectivity index (χ1n) is 5.22. The average Bonchev–Trinajstić information content (AvgIpc) is 2.85. The Morgan fingerprint density at radius 2 is 2.50 bits per heavy atom. The molecule has 16 heavy (non-hydrogen) atoms. The molecule has 1 fully saturated rings. The minimum Gasteiger partial charge on any atom is -0.341 e. The van der Waals surface area contributed by atoms with E-state index in [4.69, 9.17) is 5.73 Å². The van der Waals surface area contributed by atoms with E-state index >= 15 is 0 Å². The number of hydrogen-bond acceptors (Lipinski definition) is 5. The van der Waals surface area contributed by atoms with E-state index in [1.165, 1.54) is 11.3 Å². The third-order valence-corrected chi connectivity index (χ3v) is 3.73. The standard InChI is InChI=1S/C10H12N4OS/c11-6-1-3-14(5-6)10-12-7-2-4-16-8(7)9(15)13-10/h2,4,6H,1,3,5,11H2,(H,12,13,15)/t6-/m1/s1. The molecule has 0 amide bonds. The number of nitrogens with zero attached hydrogens (tertiary/aromatic N) is 2. The van der Waals surface area contributed by atoms with Crippen LogP contribution < -0.4 is 16.2 Å². The fourth-order valence-electron chi connectivity index (χ4n) is 1.99. The van der Waals surface area contributed by atoms with Gasteiger partial charge in [-0.25, -0.2) is 4.98 Å². The topological polar surface area (TPSA) is 75.0 Å². The molecule has 0 spiro atoms. The van der Waals surface area contributed by atoms with Crippen LogP contribution in [-0.4, -0.2) is 29.1 Å². The van der Waals surface area contributed by atoms with Gasteiger partial charge >= 0.3 is 0 Å². The van der Waals surface area contributed by atoms with Crippen molar-refractivity contribution >= 4 is 27.5 Å². The van der Waals surface area contributed by atoms with Gasteiger partial charge in [-0.1, -0.05) is 0 Å². The predicted octanol–water partition coefficient (Wildman–Crippen LogP) is 0.522. The summed E-state index contributed by atoms with van der Waals surface area (Å²) in [6, 6.07) is 2.05. The zero-order chi connectivity index (χ0) is 11.1. The van der Waals surface area contributed by atoms with Gasteiger partial charge in [0.05, 0.1) is 5.52 Å². The maximum Gasteiger partial charge on any atom is 0.270 e. The SMILES string of the molecule is N[C@@H]1CCN(c2nc3ccsc3c(=O)[nH]2)C1. The first-order valence-corrected chi connectivity index (χ1v) is 6.10. The number of nitrogens with two attached hydrogens (primary N) is 1. The van der Waals surface area contributed by atoms with Crippen LogP contribution in [0.5, 0.6) is 0 Å². The molecule has 84 valence electrons. The van der Waals surface area contributed by atoms with Crippen LogP contribution in [0.25, 0.3) is 10.2 Å². The molecule has 1 aliphatic rings. The zero-order valence-electron chi connectivity index (χ0n) is 8.64. The first-order chi connectivity index (χ1) is 7.74. The predicted molar refractivity (Wildman–Crippen MR) is 65.0 cm³/mol. The normalized spacial score (nSPS) is 20.8. The molecule has 1 saturated heterocycles. The lowest BCUT2D eigenvalue weighted by Gasteiger charge is -2.15. The van der Waals surface area contributed by atoms with Crippen molar-refractivity contribution in [3.63, 3.8) is 0 Å². The van der Waals surface area contributed by atoms with Crippen LogP contribution in [0.4, 0.5) is 5.95 Å². The lowest BCUT2D eigenvalue weighted by molar-refractivity contribution is 0.750. The summed E-state index contributed by atoms with van der Waals surface area (Å²) in [5.74, 6) is 0.642. The van der Waals surface area contributed by atoms with Crippen LogP contribution in [-0.2, 0) is 0 Å². The number of H-pyrrole nitrogens is 1. The number of anilines is 1. The molecule has 2 aromatic rings.